The molecule has 0 unspecified atom stereocenters. The molecule has 0 saturated carbocycles. The van der Waals surface area contributed by atoms with Gasteiger partial charge in [0.15, 0.2) is 0 Å². The van der Waals surface area contributed by atoms with Crippen LogP contribution in [0.25, 0.3) is 6.08 Å². The summed E-state index contributed by atoms with van der Waals surface area (Å²) in [5.74, 6) is -1.88. The van der Waals surface area contributed by atoms with Crippen molar-refractivity contribution >= 4 is 34.4 Å². The van der Waals surface area contributed by atoms with Crippen LogP contribution in [-0.2, 0) is 18.7 Å². The number of hydrogen-bond acceptors (Lipinski definition) is 5. The van der Waals surface area contributed by atoms with E-state index in [1.54, 1.807) is 0 Å². The van der Waals surface area contributed by atoms with Crippen molar-refractivity contribution < 1.29 is 13.9 Å². The molecular weight excluding hydrogens is 462 g/mol. The molecule has 1 heterocycles. The molecule has 0 bridgehead atoms. The highest BCUT2D eigenvalue weighted by Gasteiger charge is 2.38. The molecule has 9 heteroatoms. The molecule has 0 fully saturated rings. The summed E-state index contributed by atoms with van der Waals surface area (Å²) in [7, 11) is 0. The van der Waals surface area contributed by atoms with Gasteiger partial charge in [-0.25, -0.2) is 18.4 Å². The molecule has 1 aromatic heterocycles. The topological polar surface area (TPSA) is 63.0 Å². The standard InChI is InChI=1S/C24H26F2N4OS2/c1-17(4-3-5-18-6-8-19(9-7-18)13-28-23(32)33-2)24(31,14-30-16-27-15-29-30)21-11-10-20(25)12-22(21)26/h3,5-12,15-17,31H,4,13-14H2,1-2H3,(H,28,32)/b5-3+/t17-,24+/m0/s1. The van der Waals surface area contributed by atoms with Gasteiger partial charge in [0, 0.05) is 18.2 Å². The quantitative estimate of drug-likeness (QED) is 0.417. The normalized spacial score (nSPS) is 14.2. The summed E-state index contributed by atoms with van der Waals surface area (Å²) in [4.78, 5) is 3.89. The number of thiocarbonyl (C=S) groups is 1. The van der Waals surface area contributed by atoms with Crippen LogP contribution in [0.4, 0.5) is 8.78 Å². The van der Waals surface area contributed by atoms with E-state index in [4.69, 9.17) is 12.2 Å². The van der Waals surface area contributed by atoms with Crippen LogP contribution >= 0.6 is 24.0 Å². The summed E-state index contributed by atoms with van der Waals surface area (Å²) in [6.45, 7) is 2.48. The van der Waals surface area contributed by atoms with E-state index in [0.717, 1.165) is 27.6 Å². The highest BCUT2D eigenvalue weighted by atomic mass is 32.2. The van der Waals surface area contributed by atoms with Gasteiger partial charge in [0.05, 0.1) is 6.54 Å². The summed E-state index contributed by atoms with van der Waals surface area (Å²) < 4.78 is 30.3. The largest absolute Gasteiger partial charge is 0.383 e. The number of nitrogens with zero attached hydrogens (tertiary/aromatic N) is 3. The summed E-state index contributed by atoms with van der Waals surface area (Å²) in [5.41, 5.74) is 0.540. The van der Waals surface area contributed by atoms with E-state index in [0.29, 0.717) is 13.0 Å². The Labute approximate surface area is 201 Å². The second-order valence-corrected chi connectivity index (χ2v) is 9.25. The molecule has 0 aliphatic heterocycles. The summed E-state index contributed by atoms with van der Waals surface area (Å²) in [6.07, 6.45) is 9.09. The van der Waals surface area contributed by atoms with E-state index < -0.39 is 23.2 Å². The van der Waals surface area contributed by atoms with Gasteiger partial charge in [-0.1, -0.05) is 61.6 Å². The summed E-state index contributed by atoms with van der Waals surface area (Å²) >= 11 is 6.65. The second kappa shape index (κ2) is 11.5. The lowest BCUT2D eigenvalue weighted by molar-refractivity contribution is -0.0379. The fraction of sp³-hybridized carbons (Fsp3) is 0.292. The lowest BCUT2D eigenvalue weighted by Crippen LogP contribution is -2.39. The molecule has 0 spiro atoms. The zero-order valence-electron chi connectivity index (χ0n) is 18.4. The number of allylic oxidation sites excluding steroid dienone is 1. The molecule has 2 N–H and O–H groups in total. The van der Waals surface area contributed by atoms with Gasteiger partial charge in [0.1, 0.15) is 34.2 Å². The van der Waals surface area contributed by atoms with E-state index in [1.165, 1.54) is 35.2 Å². The van der Waals surface area contributed by atoms with E-state index in [-0.39, 0.29) is 12.1 Å². The SMILES string of the molecule is CSC(=S)NCc1ccc(/C=C/C[C@H](C)[C@](O)(Cn2cncn2)c2ccc(F)cc2F)cc1. The average Bonchev–Trinajstić information content (AvgIpc) is 3.30. The van der Waals surface area contributed by atoms with Gasteiger partial charge in [-0.15, -0.1) is 11.8 Å². The third-order valence-corrected chi connectivity index (χ3v) is 6.64. The van der Waals surface area contributed by atoms with Crippen molar-refractivity contribution in [3.63, 3.8) is 0 Å². The molecule has 33 heavy (non-hydrogen) atoms. The maximum atomic E-state index is 14.6. The van der Waals surface area contributed by atoms with Gasteiger partial charge in [-0.3, -0.25) is 0 Å². The first-order chi connectivity index (χ1) is 15.8. The Morgan fingerprint density at radius 1 is 1.27 bits per heavy atom. The molecule has 2 atom stereocenters. The zero-order chi connectivity index (χ0) is 23.8. The van der Waals surface area contributed by atoms with E-state index in [1.807, 2.05) is 49.6 Å². The van der Waals surface area contributed by atoms with Crippen LogP contribution in [-0.4, -0.2) is 30.4 Å². The molecule has 0 amide bonds. The number of hydrogen-bond donors (Lipinski definition) is 2. The third kappa shape index (κ3) is 6.69. The van der Waals surface area contributed by atoms with Gasteiger partial charge < -0.3 is 10.4 Å². The smallest absolute Gasteiger partial charge is 0.137 e. The first-order valence-corrected chi connectivity index (χ1v) is 12.0. The minimum Gasteiger partial charge on any atom is -0.383 e. The number of nitrogens with one attached hydrogen (secondary N) is 1. The van der Waals surface area contributed by atoms with Gasteiger partial charge in [0.25, 0.3) is 0 Å². The highest BCUT2D eigenvalue weighted by molar-refractivity contribution is 8.22. The van der Waals surface area contributed by atoms with Gasteiger partial charge in [0.2, 0.25) is 0 Å². The van der Waals surface area contributed by atoms with Crippen LogP contribution in [0.1, 0.15) is 30.0 Å². The van der Waals surface area contributed by atoms with E-state index >= 15 is 0 Å². The van der Waals surface area contributed by atoms with Crippen LogP contribution in [0.2, 0.25) is 0 Å². The number of rotatable bonds is 9. The molecule has 2 aromatic carbocycles. The van der Waals surface area contributed by atoms with Gasteiger partial charge in [-0.05, 0) is 35.8 Å². The van der Waals surface area contributed by atoms with Crippen LogP contribution in [0, 0.1) is 17.6 Å². The number of benzene rings is 2. The highest BCUT2D eigenvalue weighted by Crippen LogP contribution is 2.35. The first kappa shape index (κ1) is 25.0. The van der Waals surface area contributed by atoms with Crippen LogP contribution < -0.4 is 5.32 Å². The van der Waals surface area contributed by atoms with Crippen LogP contribution in [0.15, 0.2) is 61.2 Å². The van der Waals surface area contributed by atoms with Crippen molar-refractivity contribution in [2.45, 2.75) is 32.0 Å². The fourth-order valence-electron chi connectivity index (χ4n) is 3.50. The molecule has 0 radical (unpaired) electrons. The zero-order valence-corrected chi connectivity index (χ0v) is 20.0. The molecule has 3 rings (SSSR count). The van der Waals surface area contributed by atoms with E-state index in [9.17, 15) is 13.9 Å². The lowest BCUT2D eigenvalue weighted by Gasteiger charge is -2.34. The minimum atomic E-state index is -1.61. The predicted octanol–water partition coefficient (Wildman–Crippen LogP) is 4.92. The molecule has 174 valence electrons. The van der Waals surface area contributed by atoms with Crippen LogP contribution in [0.5, 0.6) is 0 Å². The van der Waals surface area contributed by atoms with Crippen molar-refractivity contribution in [2.75, 3.05) is 6.26 Å². The van der Waals surface area contributed by atoms with Crippen molar-refractivity contribution in [3.05, 3.63) is 89.5 Å². The second-order valence-electron chi connectivity index (χ2n) is 7.77. The Morgan fingerprint density at radius 3 is 2.67 bits per heavy atom. The monoisotopic (exact) mass is 488 g/mol. The first-order valence-electron chi connectivity index (χ1n) is 10.4. The number of aromatic nitrogens is 3. The molecule has 0 aliphatic rings. The van der Waals surface area contributed by atoms with Crippen molar-refractivity contribution in [3.8, 4) is 0 Å². The van der Waals surface area contributed by atoms with Crippen molar-refractivity contribution in [1.29, 1.82) is 0 Å². The number of thioether (sulfide) groups is 1. The van der Waals surface area contributed by atoms with Crippen LogP contribution in [0.3, 0.4) is 0 Å². The minimum absolute atomic E-state index is 0.00976. The molecule has 3 aromatic rings. The Hall–Kier alpha value is -2.62. The van der Waals surface area contributed by atoms with Gasteiger partial charge >= 0.3 is 0 Å². The Balaban J connectivity index is 1.72. The lowest BCUT2D eigenvalue weighted by atomic mass is 9.80. The summed E-state index contributed by atoms with van der Waals surface area (Å²) in [5, 5.41) is 18.8. The molecule has 0 aliphatic carbocycles. The molecular formula is C24H26F2N4OS2. The maximum absolute atomic E-state index is 14.6. The Kier molecular flexibility index (Phi) is 8.71. The van der Waals surface area contributed by atoms with Crippen molar-refractivity contribution in [2.24, 2.45) is 5.92 Å². The fourth-order valence-corrected chi connectivity index (χ4v) is 3.79. The predicted molar refractivity (Wildman–Crippen MR) is 132 cm³/mol. The molecule has 5 nitrogen and oxygen atoms in total. The Morgan fingerprint density at radius 2 is 2.03 bits per heavy atom. The molecule has 0 saturated heterocycles. The van der Waals surface area contributed by atoms with Crippen molar-refractivity contribution in [1.82, 2.24) is 20.1 Å². The number of aliphatic hydroxyl groups is 1. The maximum Gasteiger partial charge on any atom is 0.137 e. The third-order valence-electron chi connectivity index (χ3n) is 5.48. The summed E-state index contributed by atoms with van der Waals surface area (Å²) in [6, 6.07) is 11.3. The van der Waals surface area contributed by atoms with E-state index in [2.05, 4.69) is 15.4 Å². The van der Waals surface area contributed by atoms with Gasteiger partial charge in [-0.2, -0.15) is 5.10 Å². The Bertz CT molecular complexity index is 1090. The average molecular weight is 489 g/mol. The number of halogens is 2.